The van der Waals surface area contributed by atoms with Crippen molar-refractivity contribution in [2.45, 2.75) is 12.8 Å². The van der Waals surface area contributed by atoms with Crippen molar-refractivity contribution >= 4 is 11.6 Å². The maximum Gasteiger partial charge on any atom is 0.418 e. The molecule has 1 aromatic heterocycles. The molecule has 0 aliphatic heterocycles. The van der Waals surface area contributed by atoms with Gasteiger partial charge in [0.25, 0.3) is 0 Å². The van der Waals surface area contributed by atoms with E-state index in [9.17, 15) is 22.0 Å². The zero-order valence-corrected chi connectivity index (χ0v) is 7.61. The van der Waals surface area contributed by atoms with Gasteiger partial charge < -0.3 is 4.74 Å². The lowest BCUT2D eigenvalue weighted by Gasteiger charge is -2.10. The summed E-state index contributed by atoms with van der Waals surface area (Å²) in [7, 11) is 0. The zero-order valence-electron chi connectivity index (χ0n) is 6.86. The molecule has 1 rings (SSSR count). The van der Waals surface area contributed by atoms with E-state index in [0.29, 0.717) is 12.3 Å². The Morgan fingerprint density at radius 1 is 1.33 bits per heavy atom. The molecule has 0 aliphatic rings. The number of hydrogen-bond donors (Lipinski definition) is 0. The normalized spacial score (nSPS) is 11.9. The highest BCUT2D eigenvalue weighted by Crippen LogP contribution is 2.33. The van der Waals surface area contributed by atoms with Crippen LogP contribution in [0.4, 0.5) is 22.0 Å². The molecule has 0 aliphatic carbocycles. The van der Waals surface area contributed by atoms with Gasteiger partial charge in [-0.25, -0.2) is 4.98 Å². The van der Waals surface area contributed by atoms with Crippen LogP contribution in [0.3, 0.4) is 0 Å². The van der Waals surface area contributed by atoms with Crippen LogP contribution in [-0.4, -0.2) is 11.6 Å². The number of rotatable bonds is 2. The van der Waals surface area contributed by atoms with Crippen LogP contribution in [0.15, 0.2) is 12.3 Å². The Bertz CT molecular complexity index is 354. The van der Waals surface area contributed by atoms with Crippen LogP contribution in [0, 0.1) is 0 Å². The van der Waals surface area contributed by atoms with Crippen molar-refractivity contribution in [3.63, 3.8) is 0 Å². The van der Waals surface area contributed by atoms with Crippen LogP contribution in [0.5, 0.6) is 5.75 Å². The van der Waals surface area contributed by atoms with E-state index >= 15 is 0 Å². The number of alkyl halides is 5. The molecular weight excluding hydrogens is 245 g/mol. The van der Waals surface area contributed by atoms with Crippen molar-refractivity contribution in [3.05, 3.63) is 23.0 Å². The Hall–Kier alpha value is -1.11. The third kappa shape index (κ3) is 3.19. The molecule has 0 amide bonds. The van der Waals surface area contributed by atoms with Gasteiger partial charge in [0, 0.05) is 6.20 Å². The third-order valence-electron chi connectivity index (χ3n) is 1.35. The minimum atomic E-state index is -4.68. The predicted octanol–water partition coefficient (Wildman–Crippen LogP) is 3.36. The maximum absolute atomic E-state index is 12.1. The van der Waals surface area contributed by atoms with Crippen molar-refractivity contribution in [1.82, 2.24) is 4.98 Å². The van der Waals surface area contributed by atoms with Gasteiger partial charge in [-0.1, -0.05) is 11.6 Å². The van der Waals surface area contributed by atoms with Crippen LogP contribution in [-0.2, 0) is 6.18 Å². The Kier molecular flexibility index (Phi) is 3.33. The van der Waals surface area contributed by atoms with Gasteiger partial charge in [0.2, 0.25) is 0 Å². The van der Waals surface area contributed by atoms with Crippen LogP contribution < -0.4 is 4.74 Å². The van der Waals surface area contributed by atoms with Gasteiger partial charge in [0.05, 0.1) is 5.56 Å². The molecule has 2 nitrogen and oxygen atoms in total. The molecule has 0 unspecified atom stereocenters. The predicted molar refractivity (Wildman–Crippen MR) is 40.9 cm³/mol. The molecule has 0 bridgehead atoms. The summed E-state index contributed by atoms with van der Waals surface area (Å²) in [6.07, 6.45) is -4.25. The Morgan fingerprint density at radius 2 is 1.93 bits per heavy atom. The summed E-state index contributed by atoms with van der Waals surface area (Å²) in [6.45, 7) is -3.26. The topological polar surface area (TPSA) is 22.1 Å². The first-order valence-electron chi connectivity index (χ1n) is 3.48. The molecule has 0 aromatic carbocycles. The SMILES string of the molecule is FC(F)Oc1cc(C(F)(F)F)cnc1Cl. The van der Waals surface area contributed by atoms with E-state index < -0.39 is 29.3 Å². The number of nitrogens with zero attached hydrogens (tertiary/aromatic N) is 1. The lowest BCUT2D eigenvalue weighted by atomic mass is 10.3. The molecule has 84 valence electrons. The van der Waals surface area contributed by atoms with Gasteiger partial charge in [0.15, 0.2) is 10.9 Å². The highest BCUT2D eigenvalue weighted by molar-refractivity contribution is 6.30. The van der Waals surface area contributed by atoms with Gasteiger partial charge >= 0.3 is 12.8 Å². The zero-order chi connectivity index (χ0) is 11.6. The second-order valence-electron chi connectivity index (χ2n) is 2.39. The lowest BCUT2D eigenvalue weighted by molar-refractivity contribution is -0.138. The first-order chi connectivity index (χ1) is 6.80. The third-order valence-corrected chi connectivity index (χ3v) is 1.63. The molecule has 0 saturated carbocycles. The number of aromatic nitrogens is 1. The summed E-state index contributed by atoms with van der Waals surface area (Å²) in [5.74, 6) is -0.804. The molecule has 0 radical (unpaired) electrons. The number of halogens is 6. The number of pyridine rings is 1. The second kappa shape index (κ2) is 4.18. The van der Waals surface area contributed by atoms with E-state index in [1.54, 1.807) is 0 Å². The van der Waals surface area contributed by atoms with Gasteiger partial charge in [-0.15, -0.1) is 0 Å². The van der Waals surface area contributed by atoms with Crippen LogP contribution in [0.2, 0.25) is 5.15 Å². The largest absolute Gasteiger partial charge is 0.432 e. The average molecular weight is 248 g/mol. The van der Waals surface area contributed by atoms with E-state index in [0.717, 1.165) is 0 Å². The van der Waals surface area contributed by atoms with Crippen LogP contribution >= 0.6 is 11.6 Å². The first-order valence-corrected chi connectivity index (χ1v) is 3.86. The monoisotopic (exact) mass is 247 g/mol. The summed E-state index contributed by atoms with van der Waals surface area (Å²) in [4.78, 5) is 3.09. The second-order valence-corrected chi connectivity index (χ2v) is 2.75. The van der Waals surface area contributed by atoms with Crippen molar-refractivity contribution in [1.29, 1.82) is 0 Å². The highest BCUT2D eigenvalue weighted by Gasteiger charge is 2.32. The fourth-order valence-corrected chi connectivity index (χ4v) is 0.909. The molecule has 15 heavy (non-hydrogen) atoms. The molecule has 0 fully saturated rings. The molecular formula is C7H3ClF5NO. The quantitative estimate of drug-likeness (QED) is 0.591. The van der Waals surface area contributed by atoms with Crippen molar-refractivity contribution < 1.29 is 26.7 Å². The fraction of sp³-hybridized carbons (Fsp3) is 0.286. The Labute approximate surface area is 85.6 Å². The van der Waals surface area contributed by atoms with Crippen LogP contribution in [0.25, 0.3) is 0 Å². The Morgan fingerprint density at radius 3 is 2.40 bits per heavy atom. The molecule has 0 N–H and O–H groups in total. The minimum Gasteiger partial charge on any atom is -0.432 e. The molecule has 0 saturated heterocycles. The fourth-order valence-electron chi connectivity index (χ4n) is 0.762. The highest BCUT2D eigenvalue weighted by atomic mass is 35.5. The summed E-state index contributed by atoms with van der Waals surface area (Å²) >= 11 is 5.25. The lowest BCUT2D eigenvalue weighted by Crippen LogP contribution is -2.08. The number of hydrogen-bond acceptors (Lipinski definition) is 2. The number of ether oxygens (including phenoxy) is 1. The van der Waals surface area contributed by atoms with E-state index in [-0.39, 0.29) is 0 Å². The van der Waals surface area contributed by atoms with Crippen molar-refractivity contribution in [3.8, 4) is 5.75 Å². The minimum absolute atomic E-state index is 0.363. The van der Waals surface area contributed by atoms with E-state index in [1.807, 2.05) is 0 Å². The summed E-state index contributed by atoms with van der Waals surface area (Å²) < 4.78 is 63.6. The van der Waals surface area contributed by atoms with Crippen molar-refractivity contribution in [2.75, 3.05) is 0 Å². The molecule has 0 spiro atoms. The molecule has 8 heteroatoms. The summed E-state index contributed by atoms with van der Waals surface area (Å²) in [6, 6.07) is 0.363. The summed E-state index contributed by atoms with van der Waals surface area (Å²) in [5.41, 5.74) is -1.21. The average Bonchev–Trinajstić information content (AvgIpc) is 2.06. The standard InChI is InChI=1S/C7H3ClF5NO/c8-5-4(15-6(9)10)1-3(2-14-5)7(11,12)13/h1-2,6H. The first kappa shape index (κ1) is 12.0. The maximum atomic E-state index is 12.1. The van der Waals surface area contributed by atoms with E-state index in [4.69, 9.17) is 11.6 Å². The molecule has 0 atom stereocenters. The van der Waals surface area contributed by atoms with Crippen LogP contribution in [0.1, 0.15) is 5.56 Å². The van der Waals surface area contributed by atoms with Crippen molar-refractivity contribution in [2.24, 2.45) is 0 Å². The van der Waals surface area contributed by atoms with Gasteiger partial charge in [-0.2, -0.15) is 22.0 Å². The summed E-state index contributed by atoms with van der Waals surface area (Å²) in [5, 5.41) is -0.552. The smallest absolute Gasteiger partial charge is 0.418 e. The molecule has 1 aromatic rings. The van der Waals surface area contributed by atoms with Gasteiger partial charge in [-0.3, -0.25) is 0 Å². The van der Waals surface area contributed by atoms with E-state index in [2.05, 4.69) is 9.72 Å². The van der Waals surface area contributed by atoms with E-state index in [1.165, 1.54) is 0 Å². The molecule has 1 heterocycles. The Balaban J connectivity index is 3.06. The van der Waals surface area contributed by atoms with Gasteiger partial charge in [0.1, 0.15) is 0 Å². The van der Waals surface area contributed by atoms with Gasteiger partial charge in [-0.05, 0) is 6.07 Å².